The van der Waals surface area contributed by atoms with E-state index < -0.39 is 6.09 Å². The van der Waals surface area contributed by atoms with Gasteiger partial charge < -0.3 is 20.1 Å². The lowest BCUT2D eigenvalue weighted by molar-refractivity contribution is -0.120. The number of rotatable bonds is 7. The van der Waals surface area contributed by atoms with Crippen LogP contribution < -0.4 is 10.6 Å². The smallest absolute Gasteiger partial charge is 0.407 e. The van der Waals surface area contributed by atoms with Crippen LogP contribution >= 0.6 is 0 Å². The molecule has 0 bridgehead atoms. The Hall–Kier alpha value is -2.12. The van der Waals surface area contributed by atoms with Gasteiger partial charge in [0.1, 0.15) is 6.61 Å². The Morgan fingerprint density at radius 1 is 1.16 bits per heavy atom. The highest BCUT2D eigenvalue weighted by Gasteiger charge is 2.21. The van der Waals surface area contributed by atoms with Crippen LogP contribution in [0.5, 0.6) is 0 Å². The number of nitrogens with zero attached hydrogens (tertiary/aromatic N) is 1. The van der Waals surface area contributed by atoms with Crippen LogP contribution in [-0.4, -0.2) is 61.8 Å². The predicted octanol–water partition coefficient (Wildman–Crippen LogP) is 1.14. The lowest BCUT2D eigenvalue weighted by Crippen LogP contribution is -2.48. The van der Waals surface area contributed by atoms with Crippen LogP contribution in [0.4, 0.5) is 4.79 Å². The summed E-state index contributed by atoms with van der Waals surface area (Å²) >= 11 is 0. The van der Waals surface area contributed by atoms with Crippen molar-refractivity contribution in [1.29, 1.82) is 0 Å². The minimum absolute atomic E-state index is 0.0937. The summed E-state index contributed by atoms with van der Waals surface area (Å²) in [5, 5.41) is 5.25. The lowest BCUT2D eigenvalue weighted by Gasteiger charge is -2.35. The molecule has 0 saturated carbocycles. The Labute approximate surface area is 148 Å². The van der Waals surface area contributed by atoms with Gasteiger partial charge in [0.25, 0.3) is 0 Å². The molecule has 0 aliphatic carbocycles. The molecular weight excluding hydrogens is 322 g/mol. The number of hydrogen-bond donors (Lipinski definition) is 2. The fourth-order valence-electron chi connectivity index (χ4n) is 2.81. The van der Waals surface area contributed by atoms with Crippen LogP contribution in [0.15, 0.2) is 30.3 Å². The number of morpholine rings is 1. The van der Waals surface area contributed by atoms with Crippen molar-refractivity contribution < 1.29 is 19.1 Å². The number of carbonyl (C=O) groups excluding carboxylic acids is 2. The van der Waals surface area contributed by atoms with Crippen molar-refractivity contribution in [3.8, 4) is 0 Å². The molecule has 0 aromatic heterocycles. The fourth-order valence-corrected chi connectivity index (χ4v) is 2.81. The summed E-state index contributed by atoms with van der Waals surface area (Å²) in [6, 6.07) is 9.38. The zero-order valence-electron chi connectivity index (χ0n) is 14.9. The topological polar surface area (TPSA) is 79.9 Å². The molecule has 1 fully saturated rings. The first-order chi connectivity index (χ1) is 12.0. The molecule has 0 radical (unpaired) electrons. The highest BCUT2D eigenvalue weighted by molar-refractivity contribution is 5.82. The lowest BCUT2D eigenvalue weighted by atomic mass is 10.2. The third-order valence-electron chi connectivity index (χ3n) is 3.85. The molecule has 1 saturated heterocycles. The van der Waals surface area contributed by atoms with Gasteiger partial charge in [0, 0.05) is 26.2 Å². The molecule has 1 aromatic carbocycles. The SMILES string of the molecule is CC1CN(CCNC(=O)CNC(=O)OCc2ccccc2)CC(C)O1. The molecule has 7 nitrogen and oxygen atoms in total. The van der Waals surface area contributed by atoms with Gasteiger partial charge in [-0.25, -0.2) is 4.79 Å². The summed E-state index contributed by atoms with van der Waals surface area (Å²) in [6.07, 6.45) is -0.184. The van der Waals surface area contributed by atoms with Crippen LogP contribution in [0.3, 0.4) is 0 Å². The number of benzene rings is 1. The summed E-state index contributed by atoms with van der Waals surface area (Å²) < 4.78 is 10.7. The van der Waals surface area contributed by atoms with Crippen molar-refractivity contribution in [3.05, 3.63) is 35.9 Å². The molecule has 1 aliphatic heterocycles. The molecule has 1 aromatic rings. The van der Waals surface area contributed by atoms with E-state index in [1.54, 1.807) is 0 Å². The van der Waals surface area contributed by atoms with Gasteiger partial charge in [-0.3, -0.25) is 9.69 Å². The number of nitrogens with one attached hydrogen (secondary N) is 2. The minimum atomic E-state index is -0.602. The van der Waals surface area contributed by atoms with Gasteiger partial charge in [-0.2, -0.15) is 0 Å². The molecule has 0 spiro atoms. The molecule has 2 N–H and O–H groups in total. The van der Waals surface area contributed by atoms with Crippen molar-refractivity contribution in [2.45, 2.75) is 32.7 Å². The highest BCUT2D eigenvalue weighted by Crippen LogP contribution is 2.09. The van der Waals surface area contributed by atoms with Crippen LogP contribution in [0.25, 0.3) is 0 Å². The Morgan fingerprint density at radius 2 is 1.84 bits per heavy atom. The first kappa shape index (κ1) is 19.2. The van der Waals surface area contributed by atoms with E-state index in [4.69, 9.17) is 9.47 Å². The summed E-state index contributed by atoms with van der Waals surface area (Å²) in [6.45, 7) is 7.22. The molecule has 7 heteroatoms. The van der Waals surface area contributed by atoms with Crippen LogP contribution in [0.2, 0.25) is 0 Å². The van der Waals surface area contributed by atoms with Gasteiger partial charge in [-0.05, 0) is 19.4 Å². The second kappa shape index (κ2) is 10.0. The molecule has 25 heavy (non-hydrogen) atoms. The summed E-state index contributed by atoms with van der Waals surface area (Å²) in [7, 11) is 0. The van der Waals surface area contributed by atoms with Crippen LogP contribution in [0.1, 0.15) is 19.4 Å². The second-order valence-electron chi connectivity index (χ2n) is 6.28. The zero-order chi connectivity index (χ0) is 18.1. The molecule has 2 atom stereocenters. The van der Waals surface area contributed by atoms with Crippen LogP contribution in [-0.2, 0) is 20.9 Å². The quantitative estimate of drug-likeness (QED) is 0.772. The standard InChI is InChI=1S/C18H27N3O4/c1-14-11-21(12-15(2)25-14)9-8-19-17(22)10-20-18(23)24-13-16-6-4-3-5-7-16/h3-7,14-15H,8-13H2,1-2H3,(H,19,22)(H,20,23). The zero-order valence-corrected chi connectivity index (χ0v) is 14.9. The normalized spacial score (nSPS) is 20.7. The van der Waals surface area contributed by atoms with E-state index in [1.807, 2.05) is 44.2 Å². The van der Waals surface area contributed by atoms with Crippen LogP contribution in [0, 0.1) is 0 Å². The van der Waals surface area contributed by atoms with E-state index in [9.17, 15) is 9.59 Å². The van der Waals surface area contributed by atoms with Gasteiger partial charge >= 0.3 is 6.09 Å². The number of hydrogen-bond acceptors (Lipinski definition) is 5. The number of carbonyl (C=O) groups is 2. The van der Waals surface area contributed by atoms with E-state index in [0.29, 0.717) is 6.54 Å². The Bertz CT molecular complexity index is 543. The first-order valence-corrected chi connectivity index (χ1v) is 8.62. The molecule has 1 aliphatic rings. The Morgan fingerprint density at radius 3 is 2.52 bits per heavy atom. The maximum absolute atomic E-state index is 11.8. The van der Waals surface area contributed by atoms with E-state index in [2.05, 4.69) is 15.5 Å². The third kappa shape index (κ3) is 7.53. The molecular formula is C18H27N3O4. The fraction of sp³-hybridized carbons (Fsp3) is 0.556. The van der Waals surface area contributed by atoms with Gasteiger partial charge in [0.05, 0.1) is 18.8 Å². The summed E-state index contributed by atoms with van der Waals surface area (Å²) in [4.78, 5) is 25.6. The minimum Gasteiger partial charge on any atom is -0.445 e. The maximum atomic E-state index is 11.8. The Balaban J connectivity index is 1.55. The van der Waals surface area contributed by atoms with Crippen molar-refractivity contribution in [1.82, 2.24) is 15.5 Å². The monoisotopic (exact) mass is 349 g/mol. The van der Waals surface area contributed by atoms with Gasteiger partial charge in [-0.1, -0.05) is 30.3 Å². The van der Waals surface area contributed by atoms with Gasteiger partial charge in [0.2, 0.25) is 5.91 Å². The number of alkyl carbamates (subject to hydrolysis) is 1. The van der Waals surface area contributed by atoms with E-state index in [-0.39, 0.29) is 31.3 Å². The van der Waals surface area contributed by atoms with Crippen molar-refractivity contribution >= 4 is 12.0 Å². The molecule has 138 valence electrons. The number of ether oxygens (including phenoxy) is 2. The summed E-state index contributed by atoms with van der Waals surface area (Å²) in [5.74, 6) is -0.231. The molecule has 2 rings (SSSR count). The van der Waals surface area contributed by atoms with Crippen molar-refractivity contribution in [3.63, 3.8) is 0 Å². The van der Waals surface area contributed by atoms with Gasteiger partial charge in [0.15, 0.2) is 0 Å². The molecule has 1 heterocycles. The molecule has 2 amide bonds. The maximum Gasteiger partial charge on any atom is 0.407 e. The summed E-state index contributed by atoms with van der Waals surface area (Å²) in [5.41, 5.74) is 0.899. The Kier molecular flexibility index (Phi) is 7.69. The molecule has 2 unspecified atom stereocenters. The average molecular weight is 349 g/mol. The predicted molar refractivity (Wildman–Crippen MR) is 94.1 cm³/mol. The highest BCUT2D eigenvalue weighted by atomic mass is 16.5. The van der Waals surface area contributed by atoms with E-state index >= 15 is 0 Å². The van der Waals surface area contributed by atoms with E-state index in [0.717, 1.165) is 25.2 Å². The van der Waals surface area contributed by atoms with Gasteiger partial charge in [-0.15, -0.1) is 0 Å². The average Bonchev–Trinajstić information content (AvgIpc) is 2.58. The van der Waals surface area contributed by atoms with Crippen molar-refractivity contribution in [2.24, 2.45) is 0 Å². The largest absolute Gasteiger partial charge is 0.445 e. The van der Waals surface area contributed by atoms with Crippen molar-refractivity contribution in [2.75, 3.05) is 32.7 Å². The van der Waals surface area contributed by atoms with E-state index in [1.165, 1.54) is 0 Å². The second-order valence-corrected chi connectivity index (χ2v) is 6.28. The first-order valence-electron chi connectivity index (χ1n) is 8.62. The third-order valence-corrected chi connectivity index (χ3v) is 3.85. The number of amides is 2.